The Morgan fingerprint density at radius 3 is 1.88 bits per heavy atom. The summed E-state index contributed by atoms with van der Waals surface area (Å²) in [7, 11) is 4.81. The highest BCUT2D eigenvalue weighted by Crippen LogP contribution is 2.28. The highest BCUT2D eigenvalue weighted by atomic mass is 16.5. The summed E-state index contributed by atoms with van der Waals surface area (Å²) in [5.74, 6) is 2.14. The van der Waals surface area contributed by atoms with Crippen molar-refractivity contribution in [3.8, 4) is 23.3 Å². The van der Waals surface area contributed by atoms with E-state index in [0.717, 1.165) is 41.7 Å². The zero-order valence-electron chi connectivity index (χ0n) is 25.5. The van der Waals surface area contributed by atoms with Gasteiger partial charge in [0, 0.05) is 32.5 Å². The number of amides is 2. The number of carbonyl (C=O) groups excluding carboxylic acids is 2. The van der Waals surface area contributed by atoms with Crippen LogP contribution in [0, 0.1) is 24.8 Å². The fraction of sp³-hybridized carbons (Fsp3) is 0.515. The third-order valence-corrected chi connectivity index (χ3v) is 7.21. The molecule has 0 aliphatic heterocycles. The minimum Gasteiger partial charge on any atom is -0.496 e. The molecular formula is C33H44N4O5. The van der Waals surface area contributed by atoms with Crippen molar-refractivity contribution in [3.05, 3.63) is 64.5 Å². The van der Waals surface area contributed by atoms with E-state index in [-0.39, 0.29) is 24.8 Å². The Morgan fingerprint density at radius 2 is 1.33 bits per heavy atom. The molecule has 2 aromatic carbocycles. The first-order chi connectivity index (χ1) is 20.4. The summed E-state index contributed by atoms with van der Waals surface area (Å²) in [4.78, 5) is 33.0. The van der Waals surface area contributed by atoms with Crippen molar-refractivity contribution in [2.24, 2.45) is 0 Å². The number of nitriles is 1. The van der Waals surface area contributed by atoms with Gasteiger partial charge in [-0.3, -0.25) is 9.59 Å². The van der Waals surface area contributed by atoms with Crippen molar-refractivity contribution in [2.75, 3.05) is 54.1 Å². The number of rotatable bonds is 19. The number of carbonyl (C=O) groups is 2. The molecular weight excluding hydrogens is 532 g/mol. The number of methoxy groups -OCH3 is 3. The van der Waals surface area contributed by atoms with Crippen LogP contribution in [-0.4, -0.2) is 75.7 Å². The second kappa shape index (κ2) is 19.0. The second-order valence-corrected chi connectivity index (χ2v) is 10.1. The average Bonchev–Trinajstić information content (AvgIpc) is 3.01. The second-order valence-electron chi connectivity index (χ2n) is 10.1. The summed E-state index contributed by atoms with van der Waals surface area (Å²) in [5.41, 5.74) is 3.08. The molecule has 0 saturated carbocycles. The molecule has 0 fully saturated rings. The number of benzene rings is 2. The molecule has 226 valence electrons. The maximum absolute atomic E-state index is 13.0. The Bertz CT molecular complexity index is 1230. The first kappa shape index (κ1) is 34.0. The lowest BCUT2D eigenvalue weighted by Crippen LogP contribution is -2.35. The van der Waals surface area contributed by atoms with Crippen molar-refractivity contribution in [3.63, 3.8) is 0 Å². The van der Waals surface area contributed by atoms with E-state index in [1.165, 1.54) is 0 Å². The lowest BCUT2D eigenvalue weighted by atomic mass is 10.1. The van der Waals surface area contributed by atoms with Crippen LogP contribution in [0.25, 0.3) is 4.85 Å². The average molecular weight is 577 g/mol. The van der Waals surface area contributed by atoms with E-state index in [1.54, 1.807) is 31.1 Å². The quantitative estimate of drug-likeness (QED) is 0.168. The van der Waals surface area contributed by atoms with Crippen LogP contribution in [0.5, 0.6) is 17.2 Å². The van der Waals surface area contributed by atoms with E-state index in [0.29, 0.717) is 63.4 Å². The smallest absolute Gasteiger partial charge is 0.232 e. The summed E-state index contributed by atoms with van der Waals surface area (Å²) < 4.78 is 16.0. The summed E-state index contributed by atoms with van der Waals surface area (Å²) >= 11 is 0. The SMILES string of the molecule is [C-]#[N+]CCN(CCCCCN(CCC#N)C(=O)CCc1ccc(OC)c(OC)c1)C(=O)CCc1ccc(C)c(OC)c1. The van der Waals surface area contributed by atoms with Crippen molar-refractivity contribution in [2.45, 2.75) is 58.3 Å². The monoisotopic (exact) mass is 576 g/mol. The predicted octanol–water partition coefficient (Wildman–Crippen LogP) is 5.25. The Balaban J connectivity index is 1.84. The number of hydrogen-bond acceptors (Lipinski definition) is 6. The first-order valence-corrected chi connectivity index (χ1v) is 14.5. The number of hydrogen-bond donors (Lipinski definition) is 0. The molecule has 0 saturated heterocycles. The third kappa shape index (κ3) is 11.3. The Kier molecular flexibility index (Phi) is 15.4. The molecule has 0 bridgehead atoms. The van der Waals surface area contributed by atoms with Crippen LogP contribution in [0.2, 0.25) is 0 Å². The number of nitrogens with zero attached hydrogens (tertiary/aromatic N) is 4. The van der Waals surface area contributed by atoms with Crippen LogP contribution in [-0.2, 0) is 22.4 Å². The van der Waals surface area contributed by atoms with Gasteiger partial charge in [0.15, 0.2) is 11.5 Å². The normalized spacial score (nSPS) is 10.3. The molecule has 2 aromatic rings. The van der Waals surface area contributed by atoms with Gasteiger partial charge in [-0.2, -0.15) is 5.26 Å². The number of unbranched alkanes of at least 4 members (excludes halogenated alkanes) is 2. The molecule has 0 aromatic heterocycles. The molecule has 9 heteroatoms. The summed E-state index contributed by atoms with van der Waals surface area (Å²) in [5, 5.41) is 9.08. The predicted molar refractivity (Wildman–Crippen MR) is 163 cm³/mol. The maximum Gasteiger partial charge on any atom is 0.232 e. The lowest BCUT2D eigenvalue weighted by Gasteiger charge is -2.23. The van der Waals surface area contributed by atoms with E-state index >= 15 is 0 Å². The molecule has 42 heavy (non-hydrogen) atoms. The Hall–Kier alpha value is -4.24. The fourth-order valence-electron chi connectivity index (χ4n) is 4.74. The standard InChI is InChI=1S/C33H44N4O5/c1-26-10-11-27(24-30(26)41-4)13-17-33(39)37(23-19-35-2)21-8-6-7-20-36(22-9-18-34)32(38)16-14-28-12-15-29(40-3)31(25-28)42-5/h10-12,15,24-25H,6-9,13-14,16-17,19-23H2,1,3-5H3. The minimum absolute atomic E-state index is 0.0154. The van der Waals surface area contributed by atoms with Gasteiger partial charge in [0.1, 0.15) is 5.75 Å². The highest BCUT2D eigenvalue weighted by molar-refractivity contribution is 5.77. The van der Waals surface area contributed by atoms with Crippen molar-refractivity contribution in [1.82, 2.24) is 9.80 Å². The molecule has 0 aliphatic carbocycles. The first-order valence-electron chi connectivity index (χ1n) is 14.5. The molecule has 0 aliphatic rings. The summed E-state index contributed by atoms with van der Waals surface area (Å²) in [6.07, 6.45) is 4.58. The van der Waals surface area contributed by atoms with Gasteiger partial charge in [0.25, 0.3) is 0 Å². The van der Waals surface area contributed by atoms with Gasteiger partial charge in [0.05, 0.1) is 40.4 Å². The summed E-state index contributed by atoms with van der Waals surface area (Å²) in [6, 6.07) is 13.8. The van der Waals surface area contributed by atoms with Crippen LogP contribution in [0.1, 0.15) is 55.2 Å². The van der Waals surface area contributed by atoms with Gasteiger partial charge in [-0.1, -0.05) is 18.2 Å². The van der Waals surface area contributed by atoms with Gasteiger partial charge in [-0.25, -0.2) is 6.57 Å². The highest BCUT2D eigenvalue weighted by Gasteiger charge is 2.16. The van der Waals surface area contributed by atoms with E-state index in [4.69, 9.17) is 26.0 Å². The van der Waals surface area contributed by atoms with E-state index in [1.807, 2.05) is 43.3 Å². The topological polar surface area (TPSA) is 96.5 Å². The van der Waals surface area contributed by atoms with Crippen LogP contribution >= 0.6 is 0 Å². The van der Waals surface area contributed by atoms with Gasteiger partial charge in [-0.15, -0.1) is 0 Å². The molecule has 2 rings (SSSR count). The molecule has 9 nitrogen and oxygen atoms in total. The van der Waals surface area contributed by atoms with E-state index in [9.17, 15) is 9.59 Å². The van der Waals surface area contributed by atoms with Crippen LogP contribution in [0.3, 0.4) is 0 Å². The van der Waals surface area contributed by atoms with Crippen molar-refractivity contribution >= 4 is 11.8 Å². The van der Waals surface area contributed by atoms with Crippen LogP contribution in [0.15, 0.2) is 36.4 Å². The van der Waals surface area contributed by atoms with Crippen LogP contribution in [0.4, 0.5) is 0 Å². The van der Waals surface area contributed by atoms with Gasteiger partial charge in [0.2, 0.25) is 18.4 Å². The lowest BCUT2D eigenvalue weighted by molar-refractivity contribution is -0.131. The van der Waals surface area contributed by atoms with Gasteiger partial charge >= 0.3 is 0 Å². The molecule has 0 spiro atoms. The van der Waals surface area contributed by atoms with Crippen molar-refractivity contribution in [1.29, 1.82) is 5.26 Å². The maximum atomic E-state index is 13.0. The van der Waals surface area contributed by atoms with E-state index < -0.39 is 0 Å². The Morgan fingerprint density at radius 1 is 0.786 bits per heavy atom. The van der Waals surface area contributed by atoms with E-state index in [2.05, 4.69) is 10.9 Å². The molecule has 0 heterocycles. The van der Waals surface area contributed by atoms with Gasteiger partial charge in [-0.05, 0) is 73.9 Å². The minimum atomic E-state index is 0.0154. The van der Waals surface area contributed by atoms with Crippen LogP contribution < -0.4 is 14.2 Å². The molecule has 0 N–H and O–H groups in total. The fourth-order valence-corrected chi connectivity index (χ4v) is 4.74. The zero-order chi connectivity index (χ0) is 30.7. The summed E-state index contributed by atoms with van der Waals surface area (Å²) in [6.45, 7) is 11.4. The van der Waals surface area contributed by atoms with Gasteiger partial charge < -0.3 is 28.9 Å². The Labute approximate surface area is 250 Å². The van der Waals surface area contributed by atoms with Crippen molar-refractivity contribution < 1.29 is 23.8 Å². The molecule has 2 amide bonds. The molecule has 0 atom stereocenters. The zero-order valence-corrected chi connectivity index (χ0v) is 25.5. The third-order valence-electron chi connectivity index (χ3n) is 7.21. The molecule has 0 unspecified atom stereocenters. The molecule has 0 radical (unpaired) electrons. The largest absolute Gasteiger partial charge is 0.496 e. The number of ether oxygens (including phenoxy) is 3. The number of aryl methyl sites for hydroxylation is 3.